The lowest BCUT2D eigenvalue weighted by molar-refractivity contribution is -0.138. The van der Waals surface area contributed by atoms with Gasteiger partial charge in [0.05, 0.1) is 12.1 Å². The van der Waals surface area contributed by atoms with Gasteiger partial charge in [-0.25, -0.2) is 0 Å². The Kier molecular flexibility index (Phi) is 5.22. The summed E-state index contributed by atoms with van der Waals surface area (Å²) in [6, 6.07) is 7.05. The zero-order chi connectivity index (χ0) is 18.9. The number of aromatic nitrogens is 2. The second-order valence-electron chi connectivity index (χ2n) is 8.34. The average Bonchev–Trinajstić information content (AvgIpc) is 3.10. The monoisotopic (exact) mass is 373 g/mol. The molecule has 0 radical (unpaired) electrons. The molecule has 1 aliphatic rings. The van der Waals surface area contributed by atoms with Crippen LogP contribution < -0.4 is 0 Å². The number of ether oxygens (including phenoxy) is 3. The van der Waals surface area contributed by atoms with E-state index in [1.807, 2.05) is 32.0 Å². The number of fused-ring (bicyclic) bond motifs is 1. The van der Waals surface area contributed by atoms with Gasteiger partial charge >= 0.3 is 5.82 Å². The highest BCUT2D eigenvalue weighted by Gasteiger charge is 2.35. The minimum Gasteiger partial charge on any atom is -0.358 e. The summed E-state index contributed by atoms with van der Waals surface area (Å²) in [5.74, 6) is -0.223. The van der Waals surface area contributed by atoms with E-state index in [2.05, 4.69) is 29.6 Å². The van der Waals surface area contributed by atoms with E-state index in [0.717, 1.165) is 29.1 Å². The lowest BCUT2D eigenvalue weighted by Gasteiger charge is -2.17. The Labute approximate surface area is 155 Å². The summed E-state index contributed by atoms with van der Waals surface area (Å²) in [5, 5.41) is 5.30. The van der Waals surface area contributed by atoms with E-state index < -0.39 is 13.9 Å². The number of hydrogen-bond donors (Lipinski definition) is 0. The van der Waals surface area contributed by atoms with E-state index in [0.29, 0.717) is 19.2 Å². The maximum atomic E-state index is 7.52. The van der Waals surface area contributed by atoms with Crippen molar-refractivity contribution >= 4 is 24.8 Å². The molecule has 3 rings (SSSR count). The van der Waals surface area contributed by atoms with Crippen LogP contribution in [-0.4, -0.2) is 36.9 Å². The SMILES string of the molecule is [C-]#[N+]c1nn(COCC[Si](C)(C)C)c2cccc(C3COC(C)(C)O3)c12. The molecule has 6 nitrogen and oxygen atoms in total. The number of benzene rings is 1. The van der Waals surface area contributed by atoms with Crippen LogP contribution in [0.1, 0.15) is 25.5 Å². The first-order valence-corrected chi connectivity index (χ1v) is 12.7. The molecule has 1 atom stereocenters. The molecule has 0 bridgehead atoms. The van der Waals surface area contributed by atoms with Crippen LogP contribution in [0, 0.1) is 6.57 Å². The lowest BCUT2D eigenvalue weighted by Crippen LogP contribution is -2.22. The van der Waals surface area contributed by atoms with E-state index in [4.69, 9.17) is 20.8 Å². The van der Waals surface area contributed by atoms with Crippen molar-refractivity contribution in [3.63, 3.8) is 0 Å². The standard InChI is InChI=1S/C19H27N3O3Si/c1-19(2)24-12-16(25-19)14-8-7-9-15-17(14)18(20-3)21-22(15)13-23-10-11-26(4,5)6/h7-9,16H,10-13H2,1-2,4-6H3. The molecule has 26 heavy (non-hydrogen) atoms. The van der Waals surface area contributed by atoms with Gasteiger partial charge in [-0.3, -0.25) is 0 Å². The molecule has 1 aliphatic heterocycles. The Morgan fingerprint density at radius 3 is 2.77 bits per heavy atom. The second kappa shape index (κ2) is 7.12. The van der Waals surface area contributed by atoms with Gasteiger partial charge in [0, 0.05) is 20.1 Å². The summed E-state index contributed by atoms with van der Waals surface area (Å²) in [6.45, 7) is 19.9. The van der Waals surface area contributed by atoms with Crippen molar-refractivity contribution < 1.29 is 14.2 Å². The van der Waals surface area contributed by atoms with E-state index in [9.17, 15) is 0 Å². The van der Waals surface area contributed by atoms with E-state index in [-0.39, 0.29) is 6.10 Å². The quantitative estimate of drug-likeness (QED) is 0.417. The summed E-state index contributed by atoms with van der Waals surface area (Å²) >= 11 is 0. The predicted molar refractivity (Wildman–Crippen MR) is 104 cm³/mol. The number of rotatable bonds is 6. The molecule has 0 saturated carbocycles. The zero-order valence-electron chi connectivity index (χ0n) is 16.2. The van der Waals surface area contributed by atoms with Crippen molar-refractivity contribution in [2.24, 2.45) is 0 Å². The van der Waals surface area contributed by atoms with Crippen LogP contribution in [0.25, 0.3) is 15.7 Å². The summed E-state index contributed by atoms with van der Waals surface area (Å²) in [7, 11) is -1.12. The highest BCUT2D eigenvalue weighted by molar-refractivity contribution is 6.76. The maximum absolute atomic E-state index is 7.52. The summed E-state index contributed by atoms with van der Waals surface area (Å²) < 4.78 is 19.3. The van der Waals surface area contributed by atoms with Gasteiger partial charge < -0.3 is 19.1 Å². The van der Waals surface area contributed by atoms with Crippen molar-refractivity contribution in [2.45, 2.75) is 58.2 Å². The summed E-state index contributed by atoms with van der Waals surface area (Å²) in [6.07, 6.45) is -0.195. The fraction of sp³-hybridized carbons (Fsp3) is 0.579. The van der Waals surface area contributed by atoms with Crippen LogP contribution in [0.2, 0.25) is 25.7 Å². The van der Waals surface area contributed by atoms with Crippen LogP contribution in [0.15, 0.2) is 18.2 Å². The minimum atomic E-state index is -1.12. The Morgan fingerprint density at radius 1 is 1.38 bits per heavy atom. The first-order valence-electron chi connectivity index (χ1n) is 8.97. The fourth-order valence-electron chi connectivity index (χ4n) is 3.05. The second-order valence-corrected chi connectivity index (χ2v) is 14.0. The van der Waals surface area contributed by atoms with Gasteiger partial charge in [-0.15, -0.1) is 0 Å². The van der Waals surface area contributed by atoms with Crippen molar-refractivity contribution in [1.29, 1.82) is 0 Å². The van der Waals surface area contributed by atoms with Gasteiger partial charge in [0.1, 0.15) is 6.10 Å². The molecule has 1 fully saturated rings. The van der Waals surface area contributed by atoms with Gasteiger partial charge in [0.15, 0.2) is 12.5 Å². The largest absolute Gasteiger partial charge is 0.358 e. The third-order valence-electron chi connectivity index (χ3n) is 4.46. The first-order chi connectivity index (χ1) is 12.2. The molecule has 0 aliphatic carbocycles. The molecule has 140 valence electrons. The normalized spacial score (nSPS) is 19.8. The lowest BCUT2D eigenvalue weighted by atomic mass is 10.0. The average molecular weight is 374 g/mol. The van der Waals surface area contributed by atoms with Gasteiger partial charge in [-0.1, -0.05) is 38.3 Å². The molecule has 7 heteroatoms. The molecular weight excluding hydrogens is 346 g/mol. The molecule has 1 unspecified atom stereocenters. The molecular formula is C19H27N3O3Si. The van der Waals surface area contributed by atoms with E-state index in [1.165, 1.54) is 0 Å². The van der Waals surface area contributed by atoms with Crippen molar-refractivity contribution in [1.82, 2.24) is 9.78 Å². The Morgan fingerprint density at radius 2 is 2.15 bits per heavy atom. The highest BCUT2D eigenvalue weighted by Crippen LogP contribution is 2.39. The van der Waals surface area contributed by atoms with Crippen LogP contribution >= 0.6 is 0 Å². The molecule has 0 spiro atoms. The van der Waals surface area contributed by atoms with Crippen LogP contribution in [0.5, 0.6) is 0 Å². The molecule has 0 N–H and O–H groups in total. The van der Waals surface area contributed by atoms with E-state index >= 15 is 0 Å². The molecule has 2 heterocycles. The predicted octanol–water partition coefficient (Wildman–Crippen LogP) is 4.72. The third-order valence-corrected chi connectivity index (χ3v) is 6.17. The van der Waals surface area contributed by atoms with Gasteiger partial charge in [0.25, 0.3) is 0 Å². The summed E-state index contributed by atoms with van der Waals surface area (Å²) in [5.41, 5.74) is 1.85. The van der Waals surface area contributed by atoms with Gasteiger partial charge in [-0.2, -0.15) is 4.68 Å². The van der Waals surface area contributed by atoms with Crippen molar-refractivity contribution in [2.75, 3.05) is 13.2 Å². The minimum absolute atomic E-state index is 0.195. The third kappa shape index (κ3) is 4.15. The van der Waals surface area contributed by atoms with Gasteiger partial charge in [0.2, 0.25) is 0 Å². The number of hydrogen-bond acceptors (Lipinski definition) is 4. The number of nitrogens with zero attached hydrogens (tertiary/aromatic N) is 3. The molecule has 1 saturated heterocycles. The first kappa shape index (κ1) is 19.0. The maximum Gasteiger partial charge on any atom is 0.303 e. The highest BCUT2D eigenvalue weighted by atomic mass is 28.3. The Balaban J connectivity index is 1.86. The van der Waals surface area contributed by atoms with Crippen molar-refractivity contribution in [3.05, 3.63) is 35.2 Å². The van der Waals surface area contributed by atoms with E-state index in [1.54, 1.807) is 4.68 Å². The smallest absolute Gasteiger partial charge is 0.303 e. The molecule has 0 amide bonds. The molecule has 1 aromatic heterocycles. The summed E-state index contributed by atoms with van der Waals surface area (Å²) in [4.78, 5) is 3.63. The van der Waals surface area contributed by atoms with Crippen LogP contribution in [0.3, 0.4) is 0 Å². The molecule has 1 aromatic carbocycles. The zero-order valence-corrected chi connectivity index (χ0v) is 17.2. The van der Waals surface area contributed by atoms with Crippen molar-refractivity contribution in [3.8, 4) is 0 Å². The fourth-order valence-corrected chi connectivity index (χ4v) is 3.81. The van der Waals surface area contributed by atoms with Crippen LogP contribution in [0.4, 0.5) is 5.82 Å². The molecule has 2 aromatic rings. The van der Waals surface area contributed by atoms with Gasteiger partial charge in [-0.05, 0) is 36.6 Å². The topological polar surface area (TPSA) is 49.9 Å². The van der Waals surface area contributed by atoms with Crippen LogP contribution in [-0.2, 0) is 20.9 Å². The Hall–Kier alpha value is -1.72. The Bertz CT molecular complexity index is 833.